The third-order valence-electron chi connectivity index (χ3n) is 3.79. The molecule has 0 radical (unpaired) electrons. The lowest BCUT2D eigenvalue weighted by atomic mass is 10.0. The van der Waals surface area contributed by atoms with Gasteiger partial charge in [0.15, 0.2) is 0 Å². The van der Waals surface area contributed by atoms with E-state index in [4.69, 9.17) is 0 Å². The maximum atomic E-state index is 12.3. The van der Waals surface area contributed by atoms with E-state index in [0.29, 0.717) is 18.7 Å². The van der Waals surface area contributed by atoms with Gasteiger partial charge in [-0.2, -0.15) is 0 Å². The summed E-state index contributed by atoms with van der Waals surface area (Å²) in [7, 11) is 3.58. The fraction of sp³-hybridized carbons (Fsp3) is 0.467. The Bertz CT molecular complexity index is 516. The van der Waals surface area contributed by atoms with Gasteiger partial charge in [-0.25, -0.2) is 0 Å². The molecule has 2 atom stereocenters. The van der Waals surface area contributed by atoms with Crippen molar-refractivity contribution in [2.75, 3.05) is 27.2 Å². The van der Waals surface area contributed by atoms with Gasteiger partial charge < -0.3 is 15.5 Å². The first-order valence-corrected chi connectivity index (χ1v) is 6.79. The van der Waals surface area contributed by atoms with Gasteiger partial charge in [-0.1, -0.05) is 18.2 Å². The van der Waals surface area contributed by atoms with Crippen LogP contribution in [0.3, 0.4) is 0 Å². The predicted octanol–water partition coefficient (Wildman–Crippen LogP) is 0.401. The highest BCUT2D eigenvalue weighted by molar-refractivity contribution is 5.96. The molecule has 20 heavy (non-hydrogen) atoms. The van der Waals surface area contributed by atoms with Crippen molar-refractivity contribution in [2.45, 2.75) is 13.0 Å². The number of amides is 2. The molecule has 1 aromatic carbocycles. The van der Waals surface area contributed by atoms with E-state index < -0.39 is 0 Å². The van der Waals surface area contributed by atoms with E-state index in [-0.39, 0.29) is 23.8 Å². The van der Waals surface area contributed by atoms with Crippen LogP contribution in [0.2, 0.25) is 0 Å². The molecular weight excluding hydrogens is 254 g/mol. The second kappa shape index (κ2) is 6.05. The normalized spacial score (nSPS) is 22.6. The molecule has 1 fully saturated rings. The summed E-state index contributed by atoms with van der Waals surface area (Å²) in [4.78, 5) is 26.2. The van der Waals surface area contributed by atoms with Gasteiger partial charge in [0.2, 0.25) is 5.91 Å². The van der Waals surface area contributed by atoms with Crippen LogP contribution in [0.25, 0.3) is 0 Å². The number of carbonyl (C=O) groups excluding carboxylic acids is 2. The highest BCUT2D eigenvalue weighted by Gasteiger charge is 2.36. The number of aryl methyl sites for hydroxylation is 1. The molecule has 1 heterocycles. The minimum Gasteiger partial charge on any atom is -0.359 e. The summed E-state index contributed by atoms with van der Waals surface area (Å²) in [6, 6.07) is 7.32. The first kappa shape index (κ1) is 14.5. The van der Waals surface area contributed by atoms with E-state index in [1.165, 1.54) is 0 Å². The molecule has 0 bridgehead atoms. The monoisotopic (exact) mass is 275 g/mol. The number of carbonyl (C=O) groups is 2. The summed E-state index contributed by atoms with van der Waals surface area (Å²) in [5.74, 6) is -0.334. The Morgan fingerprint density at radius 3 is 2.60 bits per heavy atom. The number of likely N-dealkylation sites (N-methyl/N-ethyl adjacent to an activating group) is 1. The molecule has 2 rings (SSSR count). The molecule has 0 aromatic heterocycles. The maximum Gasteiger partial charge on any atom is 0.251 e. The molecule has 0 aliphatic carbocycles. The van der Waals surface area contributed by atoms with E-state index in [2.05, 4.69) is 15.5 Å². The average molecular weight is 275 g/mol. The number of hydrogen-bond donors (Lipinski definition) is 2. The molecule has 2 N–H and O–H groups in total. The maximum absolute atomic E-state index is 12.3. The third-order valence-corrected chi connectivity index (χ3v) is 3.79. The smallest absolute Gasteiger partial charge is 0.251 e. The lowest BCUT2D eigenvalue weighted by Crippen LogP contribution is -2.45. The van der Waals surface area contributed by atoms with Crippen molar-refractivity contribution < 1.29 is 9.59 Å². The fourth-order valence-corrected chi connectivity index (χ4v) is 2.67. The standard InChI is InChI=1S/C15H21N3O2/c1-10-6-4-5-7-11(10)15(20)17-13-9-18(3)8-12(13)14(19)16-2/h4-7,12-13H,8-9H2,1-3H3,(H,16,19)(H,17,20)/t12-,13-/m0/s1. The minimum atomic E-state index is -0.196. The van der Waals surface area contributed by atoms with Gasteiger partial charge in [0.05, 0.1) is 12.0 Å². The molecule has 1 saturated heterocycles. The summed E-state index contributed by atoms with van der Waals surface area (Å²) < 4.78 is 0. The summed E-state index contributed by atoms with van der Waals surface area (Å²) in [5.41, 5.74) is 1.60. The van der Waals surface area contributed by atoms with Crippen LogP contribution in [0.4, 0.5) is 0 Å². The molecule has 108 valence electrons. The number of nitrogens with zero attached hydrogens (tertiary/aromatic N) is 1. The number of nitrogens with one attached hydrogen (secondary N) is 2. The highest BCUT2D eigenvalue weighted by atomic mass is 16.2. The number of benzene rings is 1. The number of likely N-dealkylation sites (tertiary alicyclic amines) is 1. The van der Waals surface area contributed by atoms with Crippen molar-refractivity contribution in [1.29, 1.82) is 0 Å². The highest BCUT2D eigenvalue weighted by Crippen LogP contribution is 2.17. The van der Waals surface area contributed by atoms with Crippen molar-refractivity contribution >= 4 is 11.8 Å². The van der Waals surface area contributed by atoms with E-state index in [9.17, 15) is 9.59 Å². The molecule has 5 heteroatoms. The van der Waals surface area contributed by atoms with Crippen molar-refractivity contribution in [2.24, 2.45) is 5.92 Å². The van der Waals surface area contributed by atoms with Crippen LogP contribution in [0, 0.1) is 12.8 Å². The van der Waals surface area contributed by atoms with Crippen LogP contribution in [0.15, 0.2) is 24.3 Å². The van der Waals surface area contributed by atoms with Crippen molar-refractivity contribution in [1.82, 2.24) is 15.5 Å². The average Bonchev–Trinajstić information content (AvgIpc) is 2.79. The van der Waals surface area contributed by atoms with Crippen molar-refractivity contribution in [3.63, 3.8) is 0 Å². The van der Waals surface area contributed by atoms with Gasteiger partial charge >= 0.3 is 0 Å². The molecule has 0 unspecified atom stereocenters. The Hall–Kier alpha value is -1.88. The van der Waals surface area contributed by atoms with E-state index in [0.717, 1.165) is 5.56 Å². The van der Waals surface area contributed by atoms with Crippen LogP contribution in [0.5, 0.6) is 0 Å². The van der Waals surface area contributed by atoms with Crippen LogP contribution in [0.1, 0.15) is 15.9 Å². The van der Waals surface area contributed by atoms with Gasteiger partial charge in [-0.05, 0) is 25.6 Å². The predicted molar refractivity (Wildman–Crippen MR) is 77.5 cm³/mol. The lowest BCUT2D eigenvalue weighted by Gasteiger charge is -2.19. The van der Waals surface area contributed by atoms with Gasteiger partial charge in [0.25, 0.3) is 5.91 Å². The van der Waals surface area contributed by atoms with Gasteiger partial charge in [-0.15, -0.1) is 0 Å². The molecule has 1 aliphatic heterocycles. The Kier molecular flexibility index (Phi) is 4.39. The van der Waals surface area contributed by atoms with Crippen LogP contribution in [-0.4, -0.2) is 49.9 Å². The summed E-state index contributed by atoms with van der Waals surface area (Å²) in [5, 5.41) is 5.66. The zero-order valence-electron chi connectivity index (χ0n) is 12.1. The topological polar surface area (TPSA) is 61.4 Å². The quantitative estimate of drug-likeness (QED) is 0.839. The Balaban J connectivity index is 2.10. The second-order valence-electron chi connectivity index (χ2n) is 5.34. The van der Waals surface area contributed by atoms with E-state index in [1.54, 1.807) is 13.1 Å². The summed E-state index contributed by atoms with van der Waals surface area (Å²) >= 11 is 0. The molecule has 1 aliphatic rings. The van der Waals surface area contributed by atoms with Crippen LogP contribution < -0.4 is 10.6 Å². The van der Waals surface area contributed by atoms with E-state index >= 15 is 0 Å². The van der Waals surface area contributed by atoms with Crippen LogP contribution in [-0.2, 0) is 4.79 Å². The minimum absolute atomic E-state index is 0.0237. The lowest BCUT2D eigenvalue weighted by molar-refractivity contribution is -0.124. The number of rotatable bonds is 3. The zero-order valence-corrected chi connectivity index (χ0v) is 12.1. The van der Waals surface area contributed by atoms with Crippen LogP contribution >= 0.6 is 0 Å². The van der Waals surface area contributed by atoms with Gasteiger partial charge in [0, 0.05) is 25.7 Å². The van der Waals surface area contributed by atoms with Crippen molar-refractivity contribution in [3.05, 3.63) is 35.4 Å². The Labute approximate surface area is 119 Å². The molecule has 5 nitrogen and oxygen atoms in total. The number of hydrogen-bond acceptors (Lipinski definition) is 3. The molecule has 2 amide bonds. The molecule has 0 spiro atoms. The molecule has 1 aromatic rings. The Morgan fingerprint density at radius 1 is 1.25 bits per heavy atom. The summed E-state index contributed by atoms with van der Waals surface area (Å²) in [6.07, 6.45) is 0. The first-order chi connectivity index (χ1) is 9.52. The fourth-order valence-electron chi connectivity index (χ4n) is 2.67. The SMILES string of the molecule is CNC(=O)[C@H]1CN(C)C[C@@H]1NC(=O)c1ccccc1C. The Morgan fingerprint density at radius 2 is 1.95 bits per heavy atom. The molecule has 0 saturated carbocycles. The largest absolute Gasteiger partial charge is 0.359 e. The summed E-state index contributed by atoms with van der Waals surface area (Å²) in [6.45, 7) is 3.26. The third kappa shape index (κ3) is 2.99. The second-order valence-corrected chi connectivity index (χ2v) is 5.34. The zero-order chi connectivity index (χ0) is 14.7. The van der Waals surface area contributed by atoms with Gasteiger partial charge in [0.1, 0.15) is 0 Å². The van der Waals surface area contributed by atoms with Gasteiger partial charge in [-0.3, -0.25) is 9.59 Å². The van der Waals surface area contributed by atoms with Crippen molar-refractivity contribution in [3.8, 4) is 0 Å². The molecular formula is C15H21N3O2. The first-order valence-electron chi connectivity index (χ1n) is 6.79. The van der Waals surface area contributed by atoms with E-state index in [1.807, 2.05) is 32.2 Å².